The topological polar surface area (TPSA) is 58.6 Å². The molecule has 0 atom stereocenters. The van der Waals surface area contributed by atoms with Gasteiger partial charge in [-0.1, -0.05) is 18.2 Å². The Labute approximate surface area is 148 Å². The van der Waals surface area contributed by atoms with Gasteiger partial charge in [0.2, 0.25) is 0 Å². The lowest BCUT2D eigenvalue weighted by Gasteiger charge is -2.21. The van der Waals surface area contributed by atoms with Crippen LogP contribution < -0.4 is 15.0 Å². The Balaban J connectivity index is 1.95. The lowest BCUT2D eigenvalue weighted by molar-refractivity contribution is -0.118. The number of carbonyl (C=O) groups excluding carboxylic acids is 2. The minimum Gasteiger partial charge on any atom is -0.484 e. The normalized spacial score (nSPS) is 10.2. The van der Waals surface area contributed by atoms with Crippen molar-refractivity contribution >= 4 is 23.1 Å². The van der Waals surface area contributed by atoms with E-state index >= 15 is 0 Å². The summed E-state index contributed by atoms with van der Waals surface area (Å²) in [5, 5.41) is 2.74. The van der Waals surface area contributed by atoms with Gasteiger partial charge in [-0.15, -0.1) is 0 Å². The number of rotatable bonds is 8. The van der Waals surface area contributed by atoms with E-state index < -0.39 is 0 Å². The molecule has 0 saturated heterocycles. The molecule has 0 fully saturated rings. The first-order chi connectivity index (χ1) is 12.0. The van der Waals surface area contributed by atoms with Crippen molar-refractivity contribution in [2.24, 2.45) is 0 Å². The first-order valence-electron chi connectivity index (χ1n) is 8.42. The Morgan fingerprint density at radius 3 is 2.44 bits per heavy atom. The highest BCUT2D eigenvalue weighted by atomic mass is 16.5. The molecule has 2 rings (SSSR count). The van der Waals surface area contributed by atoms with Gasteiger partial charge in [-0.05, 0) is 45.0 Å². The zero-order valence-corrected chi connectivity index (χ0v) is 14.9. The quantitative estimate of drug-likeness (QED) is 0.744. The molecule has 0 spiro atoms. The molecule has 5 nitrogen and oxygen atoms in total. The van der Waals surface area contributed by atoms with E-state index in [0.717, 1.165) is 18.8 Å². The lowest BCUT2D eigenvalue weighted by Crippen LogP contribution is -2.22. The highest BCUT2D eigenvalue weighted by Crippen LogP contribution is 2.21. The van der Waals surface area contributed by atoms with E-state index in [4.69, 9.17) is 4.74 Å². The molecule has 0 aliphatic carbocycles. The molecule has 1 amide bonds. The van der Waals surface area contributed by atoms with Gasteiger partial charge in [0.1, 0.15) is 5.75 Å². The van der Waals surface area contributed by atoms with Gasteiger partial charge in [0, 0.05) is 36.1 Å². The maximum Gasteiger partial charge on any atom is 0.262 e. The largest absolute Gasteiger partial charge is 0.484 e. The Hall–Kier alpha value is -2.82. The lowest BCUT2D eigenvalue weighted by atomic mass is 10.1. The summed E-state index contributed by atoms with van der Waals surface area (Å²) in [6.07, 6.45) is 0. The number of carbonyl (C=O) groups is 2. The molecule has 0 aliphatic heterocycles. The van der Waals surface area contributed by atoms with E-state index in [2.05, 4.69) is 24.1 Å². The monoisotopic (exact) mass is 340 g/mol. The van der Waals surface area contributed by atoms with Crippen LogP contribution in [0.5, 0.6) is 5.75 Å². The molecule has 0 unspecified atom stereocenters. The van der Waals surface area contributed by atoms with Crippen molar-refractivity contribution in [1.82, 2.24) is 0 Å². The summed E-state index contributed by atoms with van der Waals surface area (Å²) in [5.74, 6) is 0.339. The highest BCUT2D eigenvalue weighted by molar-refractivity contribution is 5.97. The van der Waals surface area contributed by atoms with Crippen LogP contribution in [0.25, 0.3) is 0 Å². The van der Waals surface area contributed by atoms with E-state index in [1.165, 1.54) is 6.92 Å². The molecular formula is C20H24N2O3. The van der Waals surface area contributed by atoms with Crippen molar-refractivity contribution in [3.63, 3.8) is 0 Å². The van der Waals surface area contributed by atoms with Crippen LogP contribution in [-0.2, 0) is 4.79 Å². The molecule has 2 aromatic rings. The summed E-state index contributed by atoms with van der Waals surface area (Å²) in [6, 6.07) is 14.5. The predicted octanol–water partition coefficient (Wildman–Crippen LogP) is 3.75. The van der Waals surface area contributed by atoms with Crippen LogP contribution >= 0.6 is 0 Å². The number of ether oxygens (including phenoxy) is 1. The average molecular weight is 340 g/mol. The molecule has 2 aromatic carbocycles. The van der Waals surface area contributed by atoms with Crippen LogP contribution in [0.1, 0.15) is 31.1 Å². The van der Waals surface area contributed by atoms with E-state index in [1.807, 2.05) is 24.3 Å². The van der Waals surface area contributed by atoms with Crippen molar-refractivity contribution in [1.29, 1.82) is 0 Å². The van der Waals surface area contributed by atoms with Crippen LogP contribution in [0, 0.1) is 0 Å². The van der Waals surface area contributed by atoms with Crippen molar-refractivity contribution in [2.75, 3.05) is 29.9 Å². The first-order valence-corrected chi connectivity index (χ1v) is 8.42. The van der Waals surface area contributed by atoms with E-state index in [0.29, 0.717) is 17.0 Å². The van der Waals surface area contributed by atoms with Crippen molar-refractivity contribution in [3.05, 3.63) is 54.1 Å². The molecular weight excluding hydrogens is 316 g/mol. The molecule has 0 aromatic heterocycles. The van der Waals surface area contributed by atoms with Crippen LogP contribution in [0.15, 0.2) is 48.5 Å². The SMILES string of the molecule is CCN(CC)c1cccc(OCC(=O)Nc2cccc(C(C)=O)c2)c1. The molecule has 0 saturated carbocycles. The van der Waals surface area contributed by atoms with Crippen molar-refractivity contribution in [3.8, 4) is 5.75 Å². The summed E-state index contributed by atoms with van der Waals surface area (Å²) in [6.45, 7) is 7.41. The minimum absolute atomic E-state index is 0.0411. The molecule has 0 heterocycles. The van der Waals surface area contributed by atoms with Gasteiger partial charge in [0.05, 0.1) is 0 Å². The standard InChI is InChI=1S/C20H24N2O3/c1-4-22(5-2)18-10-7-11-19(13-18)25-14-20(24)21-17-9-6-8-16(12-17)15(3)23/h6-13H,4-5,14H2,1-3H3,(H,21,24). The number of hydrogen-bond donors (Lipinski definition) is 1. The fourth-order valence-electron chi connectivity index (χ4n) is 2.52. The summed E-state index contributed by atoms with van der Waals surface area (Å²) in [4.78, 5) is 25.7. The van der Waals surface area contributed by atoms with Crippen LogP contribution in [0.2, 0.25) is 0 Å². The number of anilines is 2. The summed E-state index contributed by atoms with van der Waals surface area (Å²) in [5.41, 5.74) is 2.21. The number of ketones is 1. The molecule has 25 heavy (non-hydrogen) atoms. The van der Waals surface area contributed by atoms with Crippen LogP contribution in [0.4, 0.5) is 11.4 Å². The zero-order chi connectivity index (χ0) is 18.2. The maximum absolute atomic E-state index is 12.1. The van der Waals surface area contributed by atoms with E-state index in [1.54, 1.807) is 24.3 Å². The zero-order valence-electron chi connectivity index (χ0n) is 14.9. The minimum atomic E-state index is -0.269. The fraction of sp³-hybridized carbons (Fsp3) is 0.300. The fourth-order valence-corrected chi connectivity index (χ4v) is 2.52. The van der Waals surface area contributed by atoms with Gasteiger partial charge in [-0.25, -0.2) is 0 Å². The Morgan fingerprint density at radius 1 is 1.04 bits per heavy atom. The molecule has 0 aliphatic rings. The predicted molar refractivity (Wildman–Crippen MR) is 101 cm³/mol. The second-order valence-corrected chi connectivity index (χ2v) is 5.64. The van der Waals surface area contributed by atoms with Gasteiger partial charge in [0.15, 0.2) is 12.4 Å². The maximum atomic E-state index is 12.1. The summed E-state index contributed by atoms with van der Waals surface area (Å²) < 4.78 is 5.59. The van der Waals surface area contributed by atoms with E-state index in [-0.39, 0.29) is 18.3 Å². The number of hydrogen-bond acceptors (Lipinski definition) is 4. The van der Waals surface area contributed by atoms with Crippen LogP contribution in [0.3, 0.4) is 0 Å². The second-order valence-electron chi connectivity index (χ2n) is 5.64. The molecule has 1 N–H and O–H groups in total. The molecule has 132 valence electrons. The third-order valence-electron chi connectivity index (χ3n) is 3.87. The van der Waals surface area contributed by atoms with Gasteiger partial charge < -0.3 is 15.0 Å². The average Bonchev–Trinajstić information content (AvgIpc) is 2.62. The number of Topliss-reactive ketones (excluding diaryl/α,β-unsaturated/α-hetero) is 1. The Morgan fingerprint density at radius 2 is 1.76 bits per heavy atom. The van der Waals surface area contributed by atoms with Crippen molar-refractivity contribution in [2.45, 2.75) is 20.8 Å². The second kappa shape index (κ2) is 8.87. The van der Waals surface area contributed by atoms with Crippen molar-refractivity contribution < 1.29 is 14.3 Å². The Bertz CT molecular complexity index is 739. The molecule has 0 bridgehead atoms. The van der Waals surface area contributed by atoms with E-state index in [9.17, 15) is 9.59 Å². The third-order valence-corrected chi connectivity index (χ3v) is 3.87. The van der Waals surface area contributed by atoms with Gasteiger partial charge in [-0.2, -0.15) is 0 Å². The van der Waals surface area contributed by atoms with Gasteiger partial charge >= 0.3 is 0 Å². The third kappa shape index (κ3) is 5.35. The number of amides is 1. The summed E-state index contributed by atoms with van der Waals surface area (Å²) in [7, 11) is 0. The summed E-state index contributed by atoms with van der Waals surface area (Å²) >= 11 is 0. The first kappa shape index (κ1) is 18.5. The van der Waals surface area contributed by atoms with Gasteiger partial charge in [0.25, 0.3) is 5.91 Å². The number of nitrogens with zero attached hydrogens (tertiary/aromatic N) is 1. The smallest absolute Gasteiger partial charge is 0.262 e. The molecule has 0 radical (unpaired) electrons. The highest BCUT2D eigenvalue weighted by Gasteiger charge is 2.07. The van der Waals surface area contributed by atoms with Crippen LogP contribution in [-0.4, -0.2) is 31.4 Å². The number of benzene rings is 2. The Kier molecular flexibility index (Phi) is 6.57. The molecule has 5 heteroatoms. The van der Waals surface area contributed by atoms with Gasteiger partial charge in [-0.3, -0.25) is 9.59 Å². The number of nitrogens with one attached hydrogen (secondary N) is 1.